The number of carbonyl (C=O) groups excluding carboxylic acids is 1. The standard InChI is InChI=1S/C16H32N2O2/c1-5-12-17-16(3,15(19)20-4)11-13-18(6-2)14-9-7-8-10-14/h14,17H,5-13H2,1-4H3. The molecule has 1 unspecified atom stereocenters. The fraction of sp³-hybridized carbons (Fsp3) is 0.938. The van der Waals surface area contributed by atoms with Crippen molar-refractivity contribution in [3.8, 4) is 0 Å². The lowest BCUT2D eigenvalue weighted by Crippen LogP contribution is -2.52. The SMILES string of the molecule is CCCNC(C)(CCN(CC)C1CCCC1)C(=O)OC. The first-order valence-electron chi connectivity index (χ1n) is 8.14. The lowest BCUT2D eigenvalue weighted by Gasteiger charge is -2.33. The van der Waals surface area contributed by atoms with Gasteiger partial charge in [-0.25, -0.2) is 0 Å². The third-order valence-corrected chi connectivity index (χ3v) is 4.55. The summed E-state index contributed by atoms with van der Waals surface area (Å²) in [4.78, 5) is 14.6. The maximum Gasteiger partial charge on any atom is 0.325 e. The first-order chi connectivity index (χ1) is 9.57. The van der Waals surface area contributed by atoms with E-state index in [1.165, 1.54) is 32.8 Å². The number of esters is 1. The second-order valence-electron chi connectivity index (χ2n) is 6.07. The first-order valence-corrected chi connectivity index (χ1v) is 8.14. The van der Waals surface area contributed by atoms with Gasteiger partial charge >= 0.3 is 5.97 Å². The van der Waals surface area contributed by atoms with E-state index in [-0.39, 0.29) is 5.97 Å². The van der Waals surface area contributed by atoms with Gasteiger partial charge in [-0.3, -0.25) is 4.79 Å². The monoisotopic (exact) mass is 284 g/mol. The Morgan fingerprint density at radius 3 is 2.50 bits per heavy atom. The summed E-state index contributed by atoms with van der Waals surface area (Å²) in [5.74, 6) is -0.145. The number of carbonyl (C=O) groups is 1. The molecule has 0 aliphatic heterocycles. The van der Waals surface area contributed by atoms with Gasteiger partial charge in [0.15, 0.2) is 0 Å². The predicted octanol–water partition coefficient (Wildman–Crippen LogP) is 2.57. The van der Waals surface area contributed by atoms with Gasteiger partial charge < -0.3 is 15.0 Å². The number of methoxy groups -OCH3 is 1. The molecule has 4 nitrogen and oxygen atoms in total. The van der Waals surface area contributed by atoms with Gasteiger partial charge in [0.05, 0.1) is 7.11 Å². The zero-order chi connectivity index (χ0) is 15.0. The highest BCUT2D eigenvalue weighted by molar-refractivity contribution is 5.80. The molecule has 0 aromatic rings. The Morgan fingerprint density at radius 1 is 1.35 bits per heavy atom. The summed E-state index contributed by atoms with van der Waals surface area (Å²) in [6.07, 6.45) is 7.15. The number of nitrogens with zero attached hydrogens (tertiary/aromatic N) is 1. The van der Waals surface area contributed by atoms with Crippen molar-refractivity contribution in [2.75, 3.05) is 26.7 Å². The minimum Gasteiger partial charge on any atom is -0.468 e. The van der Waals surface area contributed by atoms with Gasteiger partial charge in [-0.1, -0.05) is 26.7 Å². The van der Waals surface area contributed by atoms with Crippen molar-refractivity contribution < 1.29 is 9.53 Å². The number of nitrogens with one attached hydrogen (secondary N) is 1. The zero-order valence-electron chi connectivity index (χ0n) is 13.7. The third kappa shape index (κ3) is 4.74. The Hall–Kier alpha value is -0.610. The second kappa shape index (κ2) is 8.63. The van der Waals surface area contributed by atoms with Gasteiger partial charge in [0.2, 0.25) is 0 Å². The molecule has 1 fully saturated rings. The Bertz CT molecular complexity index is 290. The minimum absolute atomic E-state index is 0.145. The van der Waals surface area contributed by atoms with Gasteiger partial charge in [-0.15, -0.1) is 0 Å². The Kier molecular flexibility index (Phi) is 7.52. The Balaban J connectivity index is 2.56. The summed E-state index contributed by atoms with van der Waals surface area (Å²) in [6, 6.07) is 0.716. The van der Waals surface area contributed by atoms with Gasteiger partial charge in [0, 0.05) is 12.6 Å². The molecule has 1 saturated carbocycles. The van der Waals surface area contributed by atoms with Crippen molar-refractivity contribution in [2.24, 2.45) is 0 Å². The summed E-state index contributed by atoms with van der Waals surface area (Å²) in [5.41, 5.74) is -0.559. The van der Waals surface area contributed by atoms with Crippen LogP contribution >= 0.6 is 0 Å². The zero-order valence-corrected chi connectivity index (χ0v) is 13.7. The maximum absolute atomic E-state index is 12.1. The normalized spacial score (nSPS) is 19.2. The highest BCUT2D eigenvalue weighted by atomic mass is 16.5. The van der Waals surface area contributed by atoms with E-state index < -0.39 is 5.54 Å². The van der Waals surface area contributed by atoms with Gasteiger partial charge in [-0.05, 0) is 45.7 Å². The van der Waals surface area contributed by atoms with E-state index in [9.17, 15) is 4.79 Å². The van der Waals surface area contributed by atoms with Crippen LogP contribution < -0.4 is 5.32 Å². The molecular weight excluding hydrogens is 252 g/mol. The summed E-state index contributed by atoms with van der Waals surface area (Å²) in [6.45, 7) is 9.17. The predicted molar refractivity (Wildman–Crippen MR) is 82.8 cm³/mol. The van der Waals surface area contributed by atoms with Gasteiger partial charge in [0.25, 0.3) is 0 Å². The van der Waals surface area contributed by atoms with Crippen molar-refractivity contribution >= 4 is 5.97 Å². The topological polar surface area (TPSA) is 41.6 Å². The van der Waals surface area contributed by atoms with Crippen LogP contribution in [0, 0.1) is 0 Å². The molecule has 0 bridgehead atoms. The molecule has 4 heteroatoms. The highest BCUT2D eigenvalue weighted by Crippen LogP contribution is 2.24. The molecular formula is C16H32N2O2. The minimum atomic E-state index is -0.559. The second-order valence-corrected chi connectivity index (χ2v) is 6.07. The average molecular weight is 284 g/mol. The third-order valence-electron chi connectivity index (χ3n) is 4.55. The maximum atomic E-state index is 12.1. The lowest BCUT2D eigenvalue weighted by molar-refractivity contribution is -0.148. The molecule has 1 atom stereocenters. The molecule has 0 radical (unpaired) electrons. The van der Waals surface area contributed by atoms with Crippen LogP contribution in [0.15, 0.2) is 0 Å². The molecule has 0 saturated heterocycles. The first kappa shape index (κ1) is 17.4. The summed E-state index contributed by atoms with van der Waals surface area (Å²) >= 11 is 0. The molecule has 0 amide bonds. The van der Waals surface area contributed by atoms with Crippen LogP contribution in [0.1, 0.15) is 59.3 Å². The van der Waals surface area contributed by atoms with Crippen molar-refractivity contribution in [1.29, 1.82) is 0 Å². The number of ether oxygens (including phenoxy) is 1. The Labute approximate surface area is 124 Å². The van der Waals surface area contributed by atoms with Crippen LogP contribution in [-0.4, -0.2) is 49.2 Å². The quantitative estimate of drug-likeness (QED) is 0.661. The van der Waals surface area contributed by atoms with Crippen LogP contribution in [-0.2, 0) is 9.53 Å². The van der Waals surface area contributed by atoms with E-state index in [4.69, 9.17) is 4.74 Å². The molecule has 118 valence electrons. The van der Waals surface area contributed by atoms with Crippen LogP contribution in [0.4, 0.5) is 0 Å². The number of hydrogen-bond donors (Lipinski definition) is 1. The molecule has 1 N–H and O–H groups in total. The van der Waals surface area contributed by atoms with Crippen molar-refractivity contribution in [3.63, 3.8) is 0 Å². The molecule has 1 aliphatic carbocycles. The fourth-order valence-corrected chi connectivity index (χ4v) is 3.12. The van der Waals surface area contributed by atoms with Crippen LogP contribution in [0.2, 0.25) is 0 Å². The molecule has 0 aromatic heterocycles. The van der Waals surface area contributed by atoms with E-state index in [0.717, 1.165) is 32.5 Å². The summed E-state index contributed by atoms with van der Waals surface area (Å²) in [5, 5.41) is 3.37. The largest absolute Gasteiger partial charge is 0.468 e. The highest BCUT2D eigenvalue weighted by Gasteiger charge is 2.34. The molecule has 20 heavy (non-hydrogen) atoms. The summed E-state index contributed by atoms with van der Waals surface area (Å²) < 4.78 is 4.98. The molecule has 0 spiro atoms. The smallest absolute Gasteiger partial charge is 0.325 e. The van der Waals surface area contributed by atoms with E-state index >= 15 is 0 Å². The molecule has 0 aromatic carbocycles. The van der Waals surface area contributed by atoms with Crippen molar-refractivity contribution in [2.45, 2.75) is 70.9 Å². The van der Waals surface area contributed by atoms with Crippen LogP contribution in [0.3, 0.4) is 0 Å². The van der Waals surface area contributed by atoms with Crippen LogP contribution in [0.25, 0.3) is 0 Å². The van der Waals surface area contributed by atoms with Gasteiger partial charge in [0.1, 0.15) is 5.54 Å². The van der Waals surface area contributed by atoms with Crippen molar-refractivity contribution in [3.05, 3.63) is 0 Å². The molecule has 1 aliphatic rings. The average Bonchev–Trinajstić information content (AvgIpc) is 2.99. The van der Waals surface area contributed by atoms with E-state index in [0.29, 0.717) is 6.04 Å². The van der Waals surface area contributed by atoms with Crippen molar-refractivity contribution in [1.82, 2.24) is 10.2 Å². The van der Waals surface area contributed by atoms with E-state index in [1.54, 1.807) is 0 Å². The number of hydrogen-bond acceptors (Lipinski definition) is 4. The molecule has 0 heterocycles. The van der Waals surface area contributed by atoms with E-state index in [1.807, 2.05) is 6.92 Å². The van der Waals surface area contributed by atoms with E-state index in [2.05, 4.69) is 24.1 Å². The van der Waals surface area contributed by atoms with Crippen LogP contribution in [0.5, 0.6) is 0 Å². The molecule has 1 rings (SSSR count). The lowest BCUT2D eigenvalue weighted by atomic mass is 9.96. The summed E-state index contributed by atoms with van der Waals surface area (Å²) in [7, 11) is 1.47. The fourth-order valence-electron chi connectivity index (χ4n) is 3.12. The van der Waals surface area contributed by atoms with Gasteiger partial charge in [-0.2, -0.15) is 0 Å². The Morgan fingerprint density at radius 2 is 2.00 bits per heavy atom. The number of rotatable bonds is 9.